The Bertz CT molecular complexity index is 710. The number of carbonyl (C=O) groups is 1. The Hall–Kier alpha value is -2.36. The van der Waals surface area contributed by atoms with Crippen molar-refractivity contribution in [1.82, 2.24) is 20.3 Å². The van der Waals surface area contributed by atoms with Crippen molar-refractivity contribution in [3.05, 3.63) is 42.2 Å². The highest BCUT2D eigenvalue weighted by Crippen LogP contribution is 2.39. The molecule has 1 unspecified atom stereocenters. The van der Waals surface area contributed by atoms with E-state index >= 15 is 0 Å². The van der Waals surface area contributed by atoms with Gasteiger partial charge in [-0.25, -0.2) is 15.0 Å². The molecular formula is C12H8F3N5OS. The van der Waals surface area contributed by atoms with Crippen molar-refractivity contribution in [3.8, 4) is 0 Å². The lowest BCUT2D eigenvalue weighted by Gasteiger charge is -2.11. The minimum absolute atomic E-state index is 0.0186. The van der Waals surface area contributed by atoms with Crippen molar-refractivity contribution in [2.45, 2.75) is 16.6 Å². The average molecular weight is 327 g/mol. The van der Waals surface area contributed by atoms with E-state index < -0.39 is 23.3 Å². The second kappa shape index (κ2) is 5.44. The molecule has 0 bridgehead atoms. The molecular weight excluding hydrogens is 319 g/mol. The fraction of sp³-hybridized carbons (Fsp3) is 0.167. The van der Waals surface area contributed by atoms with Gasteiger partial charge in [0.1, 0.15) is 5.69 Å². The maximum atomic E-state index is 12.6. The largest absolute Gasteiger partial charge is 0.433 e. The number of hydrogen-bond donors (Lipinski definition) is 2. The number of thioether (sulfide) groups is 1. The summed E-state index contributed by atoms with van der Waals surface area (Å²) in [7, 11) is 0. The minimum Gasteiger partial charge on any atom is -0.354 e. The van der Waals surface area contributed by atoms with Crippen LogP contribution in [0.25, 0.3) is 0 Å². The first kappa shape index (κ1) is 14.6. The molecule has 0 fully saturated rings. The first-order valence-electron chi connectivity index (χ1n) is 6.02. The highest BCUT2D eigenvalue weighted by molar-refractivity contribution is 8.00. The molecule has 10 heteroatoms. The molecule has 6 nitrogen and oxygen atoms in total. The Balaban J connectivity index is 1.71. The van der Waals surface area contributed by atoms with Gasteiger partial charge >= 0.3 is 6.18 Å². The van der Waals surface area contributed by atoms with Gasteiger partial charge in [-0.15, -0.1) is 0 Å². The van der Waals surface area contributed by atoms with E-state index in [-0.39, 0.29) is 5.82 Å². The molecule has 22 heavy (non-hydrogen) atoms. The Labute approximate surface area is 126 Å². The number of alkyl halides is 3. The quantitative estimate of drug-likeness (QED) is 0.879. The van der Waals surface area contributed by atoms with Gasteiger partial charge in [-0.3, -0.25) is 4.79 Å². The maximum Gasteiger partial charge on any atom is 0.433 e. The lowest BCUT2D eigenvalue weighted by atomic mass is 10.3. The van der Waals surface area contributed by atoms with Crippen LogP contribution in [-0.4, -0.2) is 26.4 Å². The summed E-state index contributed by atoms with van der Waals surface area (Å²) >= 11 is 1.05. The van der Waals surface area contributed by atoms with Gasteiger partial charge in [0.2, 0.25) is 5.82 Å². The third kappa shape index (κ3) is 2.96. The molecule has 1 aliphatic rings. The van der Waals surface area contributed by atoms with Crippen LogP contribution in [0.2, 0.25) is 0 Å². The van der Waals surface area contributed by atoms with Crippen molar-refractivity contribution >= 4 is 23.4 Å². The molecule has 0 spiro atoms. The smallest absolute Gasteiger partial charge is 0.354 e. The second-order valence-corrected chi connectivity index (χ2v) is 5.40. The van der Waals surface area contributed by atoms with Gasteiger partial charge in [0.05, 0.1) is 11.9 Å². The van der Waals surface area contributed by atoms with Crippen LogP contribution in [0, 0.1) is 0 Å². The number of fused-ring (bicyclic) bond motifs is 1. The highest BCUT2D eigenvalue weighted by Gasteiger charge is 2.35. The van der Waals surface area contributed by atoms with Crippen LogP contribution in [0.15, 0.2) is 35.6 Å². The molecule has 0 saturated carbocycles. The van der Waals surface area contributed by atoms with Gasteiger partial charge in [-0.2, -0.15) is 13.2 Å². The van der Waals surface area contributed by atoms with Crippen LogP contribution in [0.1, 0.15) is 16.3 Å². The van der Waals surface area contributed by atoms with Crippen LogP contribution < -0.4 is 10.6 Å². The normalized spacial score (nSPS) is 16.8. The molecule has 0 aliphatic carbocycles. The second-order valence-electron chi connectivity index (χ2n) is 4.25. The molecule has 3 rings (SSSR count). The number of nitrogens with one attached hydrogen (secondary N) is 2. The molecule has 1 atom stereocenters. The Kier molecular flexibility index (Phi) is 3.61. The van der Waals surface area contributed by atoms with Crippen molar-refractivity contribution in [2.24, 2.45) is 0 Å². The summed E-state index contributed by atoms with van der Waals surface area (Å²) in [6, 6.07) is 2.51. The number of rotatable bonds is 2. The minimum atomic E-state index is -4.51. The van der Waals surface area contributed by atoms with Gasteiger partial charge in [0.25, 0.3) is 5.91 Å². The summed E-state index contributed by atoms with van der Waals surface area (Å²) in [5.41, 5.74) is -1.16. The van der Waals surface area contributed by atoms with Crippen LogP contribution in [0.5, 0.6) is 0 Å². The summed E-state index contributed by atoms with van der Waals surface area (Å²) in [6.07, 6.45) is -0.568. The molecule has 0 radical (unpaired) electrons. The third-order valence-electron chi connectivity index (χ3n) is 2.72. The molecule has 2 N–H and O–H groups in total. The zero-order valence-electron chi connectivity index (χ0n) is 10.8. The first-order valence-corrected chi connectivity index (χ1v) is 6.90. The Morgan fingerprint density at radius 1 is 1.27 bits per heavy atom. The lowest BCUT2D eigenvalue weighted by molar-refractivity contribution is -0.141. The summed E-state index contributed by atoms with van der Waals surface area (Å²) in [6.45, 7) is 0. The Morgan fingerprint density at radius 3 is 2.68 bits per heavy atom. The van der Waals surface area contributed by atoms with Gasteiger partial charge in [-0.1, -0.05) is 11.8 Å². The number of pyridine rings is 1. The molecule has 1 amide bonds. The van der Waals surface area contributed by atoms with E-state index in [9.17, 15) is 18.0 Å². The van der Waals surface area contributed by atoms with Crippen molar-refractivity contribution in [2.75, 3.05) is 5.32 Å². The number of nitrogens with zero attached hydrogens (tertiary/aromatic N) is 3. The topological polar surface area (TPSA) is 79.8 Å². The molecule has 114 valence electrons. The number of amides is 1. The van der Waals surface area contributed by atoms with Crippen LogP contribution in [0.3, 0.4) is 0 Å². The summed E-state index contributed by atoms with van der Waals surface area (Å²) < 4.78 is 37.8. The predicted molar refractivity (Wildman–Crippen MR) is 72.0 cm³/mol. The summed E-state index contributed by atoms with van der Waals surface area (Å²) in [4.78, 5) is 23.2. The van der Waals surface area contributed by atoms with E-state index in [2.05, 4.69) is 25.6 Å². The van der Waals surface area contributed by atoms with Crippen molar-refractivity contribution < 1.29 is 18.0 Å². The number of hydrogen-bond acceptors (Lipinski definition) is 6. The van der Waals surface area contributed by atoms with E-state index in [4.69, 9.17) is 0 Å². The summed E-state index contributed by atoms with van der Waals surface area (Å²) in [5.74, 6) is -0.544. The average Bonchev–Trinajstić information content (AvgIpc) is 2.88. The van der Waals surface area contributed by atoms with Crippen molar-refractivity contribution in [1.29, 1.82) is 0 Å². The zero-order valence-corrected chi connectivity index (χ0v) is 11.6. The summed E-state index contributed by atoms with van der Waals surface area (Å²) in [5, 5.41) is 5.44. The van der Waals surface area contributed by atoms with Gasteiger partial charge in [0, 0.05) is 17.3 Å². The molecule has 1 aliphatic heterocycles. The SMILES string of the molecule is O=C(NC1Nc2cnc(C(F)(F)F)cc2S1)c1ncccn1. The molecule has 0 saturated heterocycles. The fourth-order valence-electron chi connectivity index (χ4n) is 1.76. The Morgan fingerprint density at radius 2 is 2.00 bits per heavy atom. The maximum absolute atomic E-state index is 12.6. The van der Waals surface area contributed by atoms with Crippen LogP contribution in [0.4, 0.5) is 18.9 Å². The number of halogens is 3. The standard InChI is InChI=1S/C12H8F3N5OS/c13-12(14,15)8-4-7-6(5-18-8)19-11(22-7)20-10(21)9-16-2-1-3-17-9/h1-5,11,19H,(H,20,21). The number of aromatic nitrogens is 3. The van der Waals surface area contributed by atoms with Gasteiger partial charge < -0.3 is 10.6 Å². The third-order valence-corrected chi connectivity index (χ3v) is 3.78. The van der Waals surface area contributed by atoms with E-state index in [1.807, 2.05) is 0 Å². The monoisotopic (exact) mass is 327 g/mol. The van der Waals surface area contributed by atoms with E-state index in [1.165, 1.54) is 12.4 Å². The van der Waals surface area contributed by atoms with Crippen LogP contribution in [-0.2, 0) is 6.18 Å². The zero-order chi connectivity index (χ0) is 15.7. The molecule has 2 aromatic heterocycles. The lowest BCUT2D eigenvalue weighted by Crippen LogP contribution is -2.36. The van der Waals surface area contributed by atoms with Gasteiger partial charge in [-0.05, 0) is 12.1 Å². The number of carbonyl (C=O) groups excluding carboxylic acids is 1. The van der Waals surface area contributed by atoms with E-state index in [0.717, 1.165) is 24.0 Å². The van der Waals surface area contributed by atoms with E-state index in [1.54, 1.807) is 6.07 Å². The van der Waals surface area contributed by atoms with Gasteiger partial charge in [0.15, 0.2) is 5.50 Å². The molecule has 3 heterocycles. The predicted octanol–water partition coefficient (Wildman–Crippen LogP) is 2.12. The first-order chi connectivity index (χ1) is 10.4. The highest BCUT2D eigenvalue weighted by atomic mass is 32.2. The van der Waals surface area contributed by atoms with Crippen LogP contribution >= 0.6 is 11.8 Å². The molecule has 0 aromatic carbocycles. The van der Waals surface area contributed by atoms with Crippen molar-refractivity contribution in [3.63, 3.8) is 0 Å². The number of anilines is 1. The van der Waals surface area contributed by atoms with E-state index in [0.29, 0.717) is 10.6 Å². The fourth-order valence-corrected chi connectivity index (χ4v) is 2.79. The molecule has 2 aromatic rings.